The third kappa shape index (κ3) is 4.16. The third-order valence-corrected chi connectivity index (χ3v) is 4.60. The molecule has 1 aromatic rings. The normalized spacial score (nSPS) is 22.6. The molecule has 1 aromatic carbocycles. The first kappa shape index (κ1) is 20.2. The zero-order valence-corrected chi connectivity index (χ0v) is 14.6. The lowest BCUT2D eigenvalue weighted by atomic mass is 9.78. The molecule has 0 spiro atoms. The topological polar surface area (TPSA) is 41.6 Å². The van der Waals surface area contributed by atoms with E-state index < -0.39 is 23.4 Å². The Labute approximate surface area is 151 Å². The number of alkyl halides is 3. The molecular weight excluding hydrogens is 345 g/mol. The second kappa shape index (κ2) is 8.51. The Morgan fingerprint density at radius 2 is 2.08 bits per heavy atom. The van der Waals surface area contributed by atoms with Crippen molar-refractivity contribution in [1.29, 1.82) is 0 Å². The monoisotopic (exact) mass is 368 g/mol. The summed E-state index contributed by atoms with van der Waals surface area (Å²) in [7, 11) is 1.40. The van der Waals surface area contributed by atoms with Gasteiger partial charge in [0.15, 0.2) is 0 Å². The Balaban J connectivity index is 2.17. The number of nitrogens with zero attached hydrogens (tertiary/aromatic N) is 1. The second-order valence-corrected chi connectivity index (χ2v) is 6.16. The van der Waals surface area contributed by atoms with E-state index >= 15 is 0 Å². The molecule has 0 saturated carbocycles. The highest BCUT2D eigenvalue weighted by Crippen LogP contribution is 2.41. The fraction of sp³-hybridized carbons (Fsp3) is 0.421. The summed E-state index contributed by atoms with van der Waals surface area (Å²) < 4.78 is 45.1. The van der Waals surface area contributed by atoms with Crippen LogP contribution in [0.2, 0.25) is 0 Å². The summed E-state index contributed by atoms with van der Waals surface area (Å²) in [6.07, 6.45) is -0.666. The molecule has 1 heterocycles. The van der Waals surface area contributed by atoms with Crippen molar-refractivity contribution in [2.75, 3.05) is 20.3 Å². The van der Waals surface area contributed by atoms with Gasteiger partial charge >= 0.3 is 6.18 Å². The maximum absolute atomic E-state index is 13.3. The fourth-order valence-electron chi connectivity index (χ4n) is 3.34. The van der Waals surface area contributed by atoms with Crippen molar-refractivity contribution in [3.8, 4) is 0 Å². The van der Waals surface area contributed by atoms with Gasteiger partial charge in [-0.1, -0.05) is 43.0 Å². The van der Waals surface area contributed by atoms with Crippen LogP contribution >= 0.6 is 0 Å². The molecule has 1 aliphatic rings. The highest BCUT2D eigenvalue weighted by molar-refractivity contribution is 5.94. The largest absolute Gasteiger partial charge is 0.452 e. The summed E-state index contributed by atoms with van der Waals surface area (Å²) in [4.78, 5) is 13.6. The maximum Gasteiger partial charge on any atom is 0.452 e. The van der Waals surface area contributed by atoms with Crippen LogP contribution in [0.1, 0.15) is 12.0 Å². The quantitative estimate of drug-likeness (QED) is 0.680. The lowest BCUT2D eigenvalue weighted by Gasteiger charge is -2.40. The molecule has 2 rings (SSSR count). The van der Waals surface area contributed by atoms with E-state index in [0.29, 0.717) is 6.54 Å². The first-order valence-corrected chi connectivity index (χ1v) is 8.30. The first-order valence-electron chi connectivity index (χ1n) is 8.30. The van der Waals surface area contributed by atoms with E-state index in [1.807, 2.05) is 30.3 Å². The number of methoxy groups -OCH3 is 1. The van der Waals surface area contributed by atoms with Gasteiger partial charge in [0.25, 0.3) is 5.78 Å². The molecule has 7 heteroatoms. The summed E-state index contributed by atoms with van der Waals surface area (Å²) >= 11 is 0. The molecule has 0 radical (unpaired) electrons. The van der Waals surface area contributed by atoms with Crippen molar-refractivity contribution >= 4 is 5.78 Å². The van der Waals surface area contributed by atoms with Gasteiger partial charge in [-0.15, -0.1) is 0 Å². The Hall–Kier alpha value is -2.12. The Morgan fingerprint density at radius 1 is 1.38 bits per heavy atom. The van der Waals surface area contributed by atoms with Crippen LogP contribution in [0, 0.1) is 5.92 Å². The van der Waals surface area contributed by atoms with Crippen LogP contribution in [0.4, 0.5) is 13.2 Å². The molecule has 2 atom stereocenters. The van der Waals surface area contributed by atoms with Crippen molar-refractivity contribution < 1.29 is 22.7 Å². The van der Waals surface area contributed by atoms with Crippen LogP contribution in [-0.4, -0.2) is 42.7 Å². The molecule has 2 unspecified atom stereocenters. The minimum Gasteiger partial charge on any atom is -0.384 e. The van der Waals surface area contributed by atoms with Gasteiger partial charge < -0.3 is 15.0 Å². The first-order chi connectivity index (χ1) is 12.4. The van der Waals surface area contributed by atoms with Gasteiger partial charge in [0.1, 0.15) is 5.54 Å². The Kier molecular flexibility index (Phi) is 6.61. The highest BCUT2D eigenvalue weighted by Gasteiger charge is 2.59. The summed E-state index contributed by atoms with van der Waals surface area (Å²) in [6.45, 7) is 4.33. The summed E-state index contributed by atoms with van der Waals surface area (Å²) in [5.74, 6) is -2.49. The van der Waals surface area contributed by atoms with Gasteiger partial charge in [-0.3, -0.25) is 4.79 Å². The minimum absolute atomic E-state index is 0.0152. The predicted molar refractivity (Wildman–Crippen MR) is 93.1 cm³/mol. The standard InChI is InChI=1S/C19H23F3N2O2/c1-3-24-12-9-16(14-26-2)18(24,17(25)19(20,21)22)10-11-23-13-15-7-5-4-6-8-15/h3-9,12,16,23H,1,10-11,13-14H2,2H3. The SMILES string of the molecule is C=CN1C=CC(COC)C1(CCNCc1ccccc1)C(=O)C(F)(F)F. The number of hydrogen-bond acceptors (Lipinski definition) is 4. The summed E-state index contributed by atoms with van der Waals surface area (Å²) in [5, 5.41) is 3.12. The molecule has 26 heavy (non-hydrogen) atoms. The van der Waals surface area contributed by atoms with Gasteiger partial charge in [-0.25, -0.2) is 0 Å². The number of carbonyl (C=O) groups is 1. The van der Waals surface area contributed by atoms with Crippen LogP contribution in [0.25, 0.3) is 0 Å². The lowest BCUT2D eigenvalue weighted by molar-refractivity contribution is -0.184. The lowest BCUT2D eigenvalue weighted by Crippen LogP contribution is -2.59. The van der Waals surface area contributed by atoms with Crippen molar-refractivity contribution in [3.05, 3.63) is 61.0 Å². The number of ether oxygens (including phenoxy) is 1. The third-order valence-electron chi connectivity index (χ3n) is 4.60. The molecule has 0 saturated heterocycles. The molecule has 1 aliphatic heterocycles. The predicted octanol–water partition coefficient (Wildman–Crippen LogP) is 3.27. The van der Waals surface area contributed by atoms with Gasteiger partial charge in [-0.2, -0.15) is 13.2 Å². The molecule has 0 bridgehead atoms. The molecule has 0 aliphatic carbocycles. The number of benzene rings is 1. The number of rotatable bonds is 9. The van der Waals surface area contributed by atoms with Gasteiger partial charge in [0.05, 0.1) is 6.61 Å². The number of hydrogen-bond donors (Lipinski definition) is 1. The zero-order chi connectivity index (χ0) is 19.2. The van der Waals surface area contributed by atoms with E-state index in [2.05, 4.69) is 11.9 Å². The maximum atomic E-state index is 13.3. The van der Waals surface area contributed by atoms with Gasteiger partial charge in [-0.05, 0) is 24.7 Å². The van der Waals surface area contributed by atoms with E-state index in [1.54, 1.807) is 6.08 Å². The average Bonchev–Trinajstić information content (AvgIpc) is 2.97. The molecule has 142 valence electrons. The molecule has 1 N–H and O–H groups in total. The molecular formula is C19H23F3N2O2. The number of halogens is 3. The van der Waals surface area contributed by atoms with Gasteiger partial charge in [0, 0.05) is 25.8 Å². The molecule has 0 fully saturated rings. The van der Waals surface area contributed by atoms with Crippen LogP contribution in [0.3, 0.4) is 0 Å². The number of Topliss-reactive ketones (excluding diaryl/α,β-unsaturated/α-hetero) is 1. The second-order valence-electron chi connectivity index (χ2n) is 6.16. The van der Waals surface area contributed by atoms with E-state index in [-0.39, 0.29) is 19.6 Å². The minimum atomic E-state index is -4.95. The van der Waals surface area contributed by atoms with Crippen LogP contribution in [0.15, 0.2) is 55.4 Å². The summed E-state index contributed by atoms with van der Waals surface area (Å²) in [6, 6.07) is 9.51. The number of carbonyl (C=O) groups excluding carboxylic acids is 1. The highest BCUT2D eigenvalue weighted by atomic mass is 19.4. The Bertz CT molecular complexity index is 646. The number of nitrogens with one attached hydrogen (secondary N) is 1. The van der Waals surface area contributed by atoms with Gasteiger partial charge in [0.2, 0.25) is 0 Å². The number of ketones is 1. The zero-order valence-electron chi connectivity index (χ0n) is 14.6. The van der Waals surface area contributed by atoms with Crippen molar-refractivity contribution in [3.63, 3.8) is 0 Å². The average molecular weight is 368 g/mol. The van der Waals surface area contributed by atoms with Crippen molar-refractivity contribution in [2.24, 2.45) is 5.92 Å². The van der Waals surface area contributed by atoms with E-state index in [0.717, 1.165) is 5.56 Å². The summed E-state index contributed by atoms with van der Waals surface area (Å²) in [5.41, 5.74) is -0.762. The van der Waals surface area contributed by atoms with E-state index in [9.17, 15) is 18.0 Å². The van der Waals surface area contributed by atoms with Crippen LogP contribution in [0.5, 0.6) is 0 Å². The fourth-order valence-corrected chi connectivity index (χ4v) is 3.34. The molecule has 4 nitrogen and oxygen atoms in total. The van der Waals surface area contributed by atoms with Crippen LogP contribution < -0.4 is 5.32 Å². The molecule has 0 amide bonds. The Morgan fingerprint density at radius 3 is 2.65 bits per heavy atom. The molecule has 0 aromatic heterocycles. The smallest absolute Gasteiger partial charge is 0.384 e. The van der Waals surface area contributed by atoms with Crippen molar-refractivity contribution in [2.45, 2.75) is 24.7 Å². The van der Waals surface area contributed by atoms with E-state index in [4.69, 9.17) is 4.74 Å². The van der Waals surface area contributed by atoms with E-state index in [1.165, 1.54) is 24.4 Å². The van der Waals surface area contributed by atoms with Crippen molar-refractivity contribution in [1.82, 2.24) is 10.2 Å². The van der Waals surface area contributed by atoms with Crippen LogP contribution in [-0.2, 0) is 16.1 Å².